The van der Waals surface area contributed by atoms with Crippen LogP contribution in [0.5, 0.6) is 0 Å². The highest BCUT2D eigenvalue weighted by molar-refractivity contribution is 9.10. The molecule has 0 spiro atoms. The molecule has 3 heteroatoms. The average Bonchev–Trinajstić information content (AvgIpc) is 3.11. The summed E-state index contributed by atoms with van der Waals surface area (Å²) in [6.07, 6.45) is 3.96. The van der Waals surface area contributed by atoms with Crippen molar-refractivity contribution in [1.82, 2.24) is 4.90 Å². The third-order valence-corrected chi connectivity index (χ3v) is 4.32. The van der Waals surface area contributed by atoms with E-state index in [1.165, 1.54) is 31.4 Å². The van der Waals surface area contributed by atoms with E-state index in [9.17, 15) is 0 Å². The van der Waals surface area contributed by atoms with Crippen molar-refractivity contribution in [3.63, 3.8) is 0 Å². The van der Waals surface area contributed by atoms with Crippen LogP contribution in [-0.2, 0) is 6.54 Å². The molecule has 0 bridgehead atoms. The van der Waals surface area contributed by atoms with Crippen molar-refractivity contribution >= 4 is 21.6 Å². The number of benzene rings is 1. The van der Waals surface area contributed by atoms with Crippen LogP contribution in [0.15, 0.2) is 22.7 Å². The van der Waals surface area contributed by atoms with Gasteiger partial charge in [-0.05, 0) is 43.9 Å². The molecule has 2 N–H and O–H groups in total. The molecule has 0 aliphatic heterocycles. The van der Waals surface area contributed by atoms with E-state index in [2.05, 4.69) is 40.7 Å². The van der Waals surface area contributed by atoms with Gasteiger partial charge in [0.25, 0.3) is 0 Å². The van der Waals surface area contributed by atoms with Gasteiger partial charge in [-0.25, -0.2) is 0 Å². The first-order chi connectivity index (χ1) is 8.58. The van der Waals surface area contributed by atoms with E-state index in [-0.39, 0.29) is 0 Å². The van der Waals surface area contributed by atoms with E-state index in [4.69, 9.17) is 5.73 Å². The van der Waals surface area contributed by atoms with Crippen molar-refractivity contribution in [2.24, 2.45) is 5.92 Å². The van der Waals surface area contributed by atoms with Gasteiger partial charge in [0, 0.05) is 28.3 Å². The quantitative estimate of drug-likeness (QED) is 0.803. The number of rotatable bonds is 6. The second-order valence-electron chi connectivity index (χ2n) is 5.69. The van der Waals surface area contributed by atoms with Gasteiger partial charge in [0.1, 0.15) is 0 Å². The van der Waals surface area contributed by atoms with Gasteiger partial charge in [-0.2, -0.15) is 0 Å². The number of nitrogens with two attached hydrogens (primary N) is 1. The van der Waals surface area contributed by atoms with Crippen LogP contribution in [0.3, 0.4) is 0 Å². The third kappa shape index (κ3) is 3.72. The zero-order valence-corrected chi connectivity index (χ0v) is 12.9. The fourth-order valence-electron chi connectivity index (χ4n) is 2.20. The van der Waals surface area contributed by atoms with Gasteiger partial charge in [0.2, 0.25) is 0 Å². The Bertz CT molecular complexity index is 379. The first-order valence-electron chi connectivity index (χ1n) is 6.85. The second-order valence-corrected chi connectivity index (χ2v) is 6.55. The van der Waals surface area contributed by atoms with Gasteiger partial charge in [-0.1, -0.05) is 35.8 Å². The highest BCUT2D eigenvalue weighted by Gasteiger charge is 2.29. The summed E-state index contributed by atoms with van der Waals surface area (Å²) in [6, 6.07) is 6.86. The number of halogens is 1. The van der Waals surface area contributed by atoms with Crippen LogP contribution < -0.4 is 5.73 Å². The summed E-state index contributed by atoms with van der Waals surface area (Å²) >= 11 is 3.62. The normalized spacial score (nSPS) is 15.6. The van der Waals surface area contributed by atoms with E-state index in [0.29, 0.717) is 0 Å². The Labute approximate surface area is 119 Å². The molecule has 1 aromatic carbocycles. The summed E-state index contributed by atoms with van der Waals surface area (Å²) in [7, 11) is 0. The molecular weight excluding hydrogens is 288 g/mol. The number of hydrogen-bond donors (Lipinski definition) is 1. The van der Waals surface area contributed by atoms with Crippen LogP contribution in [0.25, 0.3) is 0 Å². The van der Waals surface area contributed by atoms with E-state index in [1.54, 1.807) is 0 Å². The largest absolute Gasteiger partial charge is 0.398 e. The lowest BCUT2D eigenvalue weighted by Gasteiger charge is -2.24. The van der Waals surface area contributed by atoms with Crippen molar-refractivity contribution in [2.75, 3.05) is 12.3 Å². The van der Waals surface area contributed by atoms with Crippen LogP contribution in [0.1, 0.15) is 38.7 Å². The molecule has 1 aliphatic rings. The van der Waals surface area contributed by atoms with Crippen LogP contribution in [0.2, 0.25) is 0 Å². The van der Waals surface area contributed by atoms with Crippen molar-refractivity contribution in [2.45, 2.75) is 45.7 Å². The summed E-state index contributed by atoms with van der Waals surface area (Å²) in [4.78, 5) is 2.59. The van der Waals surface area contributed by atoms with E-state index in [0.717, 1.165) is 28.7 Å². The molecule has 0 amide bonds. The zero-order valence-electron chi connectivity index (χ0n) is 11.3. The first-order valence-corrected chi connectivity index (χ1v) is 7.64. The Balaban J connectivity index is 2.04. The lowest BCUT2D eigenvalue weighted by molar-refractivity contribution is 0.239. The predicted octanol–water partition coefficient (Wildman–Crippen LogP) is 4.04. The molecule has 0 unspecified atom stereocenters. The summed E-state index contributed by atoms with van der Waals surface area (Å²) < 4.78 is 1.14. The Morgan fingerprint density at radius 3 is 2.67 bits per heavy atom. The molecule has 100 valence electrons. The van der Waals surface area contributed by atoms with Gasteiger partial charge in [-0.15, -0.1) is 0 Å². The molecule has 18 heavy (non-hydrogen) atoms. The molecule has 2 nitrogen and oxygen atoms in total. The zero-order chi connectivity index (χ0) is 13.1. The fourth-order valence-corrected chi connectivity index (χ4v) is 2.71. The summed E-state index contributed by atoms with van der Waals surface area (Å²) in [6.45, 7) is 6.74. The van der Waals surface area contributed by atoms with E-state index >= 15 is 0 Å². The summed E-state index contributed by atoms with van der Waals surface area (Å²) in [5.74, 6) is 0.766. The molecule has 0 aromatic heterocycles. The van der Waals surface area contributed by atoms with Gasteiger partial charge in [-0.3, -0.25) is 4.90 Å². The topological polar surface area (TPSA) is 29.3 Å². The minimum atomic E-state index is 0.766. The molecule has 1 aromatic rings. The molecule has 0 saturated heterocycles. The van der Waals surface area contributed by atoms with Gasteiger partial charge < -0.3 is 5.73 Å². The molecule has 1 aliphatic carbocycles. The van der Waals surface area contributed by atoms with Crippen LogP contribution in [0.4, 0.5) is 5.69 Å². The molecule has 0 atom stereocenters. The fraction of sp³-hybridized carbons (Fsp3) is 0.600. The van der Waals surface area contributed by atoms with Gasteiger partial charge in [0.05, 0.1) is 0 Å². The standard InChI is InChI=1S/C15H23BrN2/c1-11(2)8-9-18(12-6-7-12)10-13-14(16)4-3-5-15(13)17/h3-5,11-12H,6-10,17H2,1-2H3. The highest BCUT2D eigenvalue weighted by Crippen LogP contribution is 2.32. The minimum Gasteiger partial charge on any atom is -0.398 e. The summed E-state index contributed by atoms with van der Waals surface area (Å²) in [5, 5.41) is 0. The Morgan fingerprint density at radius 2 is 2.11 bits per heavy atom. The second kappa shape index (κ2) is 6.07. The Morgan fingerprint density at radius 1 is 1.39 bits per heavy atom. The molecular formula is C15H23BrN2. The molecule has 1 saturated carbocycles. The van der Waals surface area contributed by atoms with Crippen molar-refractivity contribution in [3.8, 4) is 0 Å². The smallest absolute Gasteiger partial charge is 0.0371 e. The first kappa shape index (κ1) is 13.9. The maximum absolute atomic E-state index is 6.09. The van der Waals surface area contributed by atoms with Crippen LogP contribution >= 0.6 is 15.9 Å². The van der Waals surface area contributed by atoms with Gasteiger partial charge in [0.15, 0.2) is 0 Å². The van der Waals surface area contributed by atoms with Crippen molar-refractivity contribution < 1.29 is 0 Å². The third-order valence-electron chi connectivity index (χ3n) is 3.57. The average molecular weight is 311 g/mol. The lowest BCUT2D eigenvalue weighted by atomic mass is 10.1. The number of nitrogens with zero attached hydrogens (tertiary/aromatic N) is 1. The van der Waals surface area contributed by atoms with Crippen LogP contribution in [0, 0.1) is 5.92 Å². The SMILES string of the molecule is CC(C)CCN(Cc1c(N)cccc1Br)C1CC1. The lowest BCUT2D eigenvalue weighted by Crippen LogP contribution is -2.28. The Hall–Kier alpha value is -0.540. The van der Waals surface area contributed by atoms with Crippen molar-refractivity contribution in [3.05, 3.63) is 28.2 Å². The summed E-state index contributed by atoms with van der Waals surface area (Å²) in [5.41, 5.74) is 8.24. The number of anilines is 1. The monoisotopic (exact) mass is 310 g/mol. The molecule has 0 radical (unpaired) electrons. The molecule has 1 fully saturated rings. The maximum Gasteiger partial charge on any atom is 0.0371 e. The van der Waals surface area contributed by atoms with Crippen LogP contribution in [-0.4, -0.2) is 17.5 Å². The minimum absolute atomic E-state index is 0.766. The maximum atomic E-state index is 6.09. The number of hydrogen-bond acceptors (Lipinski definition) is 2. The highest BCUT2D eigenvalue weighted by atomic mass is 79.9. The number of nitrogen functional groups attached to an aromatic ring is 1. The predicted molar refractivity (Wildman–Crippen MR) is 81.4 cm³/mol. The van der Waals surface area contributed by atoms with E-state index < -0.39 is 0 Å². The molecule has 2 rings (SSSR count). The van der Waals surface area contributed by atoms with E-state index in [1.807, 2.05) is 12.1 Å². The Kier molecular flexibility index (Phi) is 4.68. The van der Waals surface area contributed by atoms with Crippen molar-refractivity contribution in [1.29, 1.82) is 0 Å². The molecule has 0 heterocycles. The van der Waals surface area contributed by atoms with Gasteiger partial charge >= 0.3 is 0 Å².